The number of rotatable bonds is 7. The number of nitrogens with one attached hydrogen (secondary N) is 3. The lowest BCUT2D eigenvalue weighted by Crippen LogP contribution is -2.32. The number of amides is 3. The van der Waals surface area contributed by atoms with Gasteiger partial charge < -0.3 is 30.3 Å². The van der Waals surface area contributed by atoms with Crippen molar-refractivity contribution in [1.29, 1.82) is 0 Å². The zero-order valence-corrected chi connectivity index (χ0v) is 18.5. The number of nitrogens with zero attached hydrogens (tertiary/aromatic N) is 1. The van der Waals surface area contributed by atoms with E-state index in [1.165, 1.54) is 7.11 Å². The summed E-state index contributed by atoms with van der Waals surface area (Å²) in [6.07, 6.45) is 2.22. The predicted octanol–water partition coefficient (Wildman–Crippen LogP) is 4.09. The molecule has 0 aliphatic carbocycles. The van der Waals surface area contributed by atoms with Crippen LogP contribution in [0.25, 0.3) is 0 Å². The summed E-state index contributed by atoms with van der Waals surface area (Å²) in [4.78, 5) is 27.6. The second kappa shape index (κ2) is 10.1. The van der Waals surface area contributed by atoms with Crippen LogP contribution in [0.15, 0.2) is 36.4 Å². The SMILES string of the molecule is COc1ccc(NC(=O)Nc2ccc(N3CCCC3)c(C(=O)NC(C)C)c2)c(OC)c1. The van der Waals surface area contributed by atoms with E-state index in [1.54, 1.807) is 31.4 Å². The molecule has 0 aromatic heterocycles. The highest BCUT2D eigenvalue weighted by Crippen LogP contribution is 2.30. The molecule has 3 N–H and O–H groups in total. The monoisotopic (exact) mass is 426 g/mol. The molecular weight excluding hydrogens is 396 g/mol. The van der Waals surface area contributed by atoms with Crippen molar-refractivity contribution in [3.05, 3.63) is 42.0 Å². The molecule has 0 unspecified atom stereocenters. The van der Waals surface area contributed by atoms with Crippen molar-refractivity contribution in [3.63, 3.8) is 0 Å². The van der Waals surface area contributed by atoms with Gasteiger partial charge in [-0.05, 0) is 57.0 Å². The lowest BCUT2D eigenvalue weighted by molar-refractivity contribution is 0.0943. The number of carbonyl (C=O) groups is 2. The molecule has 0 atom stereocenters. The van der Waals surface area contributed by atoms with Gasteiger partial charge in [0.15, 0.2) is 0 Å². The summed E-state index contributed by atoms with van der Waals surface area (Å²) in [6.45, 7) is 5.69. The summed E-state index contributed by atoms with van der Waals surface area (Å²) in [5.74, 6) is 0.953. The standard InChI is InChI=1S/C23H30N4O4/c1-15(2)24-22(28)18-13-16(7-10-20(18)27-11-5-6-12-27)25-23(29)26-19-9-8-17(30-3)14-21(19)31-4/h7-10,13-15H,5-6,11-12H2,1-4H3,(H,24,28)(H2,25,26,29). The average molecular weight is 427 g/mol. The van der Waals surface area contributed by atoms with Crippen LogP contribution in [0.3, 0.4) is 0 Å². The fourth-order valence-corrected chi connectivity index (χ4v) is 3.56. The minimum absolute atomic E-state index is 0.0152. The lowest BCUT2D eigenvalue weighted by atomic mass is 10.1. The molecule has 1 aliphatic heterocycles. The normalized spacial score (nSPS) is 13.1. The second-order valence-corrected chi connectivity index (χ2v) is 7.70. The minimum Gasteiger partial charge on any atom is -0.497 e. The van der Waals surface area contributed by atoms with Gasteiger partial charge in [0.1, 0.15) is 11.5 Å². The first-order valence-electron chi connectivity index (χ1n) is 10.4. The molecular formula is C23H30N4O4. The number of anilines is 3. The van der Waals surface area contributed by atoms with Gasteiger partial charge in [-0.15, -0.1) is 0 Å². The highest BCUT2D eigenvalue weighted by atomic mass is 16.5. The Kier molecular flexibility index (Phi) is 7.23. The third kappa shape index (κ3) is 5.59. The molecule has 8 heteroatoms. The molecule has 0 saturated carbocycles. The van der Waals surface area contributed by atoms with Gasteiger partial charge in [-0.2, -0.15) is 0 Å². The van der Waals surface area contributed by atoms with E-state index in [0.717, 1.165) is 31.6 Å². The van der Waals surface area contributed by atoms with E-state index in [1.807, 2.05) is 26.0 Å². The van der Waals surface area contributed by atoms with Crippen molar-refractivity contribution in [2.75, 3.05) is 42.8 Å². The molecule has 3 rings (SSSR count). The maximum Gasteiger partial charge on any atom is 0.323 e. The van der Waals surface area contributed by atoms with Crippen LogP contribution in [0, 0.1) is 0 Å². The van der Waals surface area contributed by atoms with E-state index in [-0.39, 0.29) is 11.9 Å². The van der Waals surface area contributed by atoms with Crippen molar-refractivity contribution in [2.45, 2.75) is 32.7 Å². The molecule has 0 bridgehead atoms. The third-order valence-electron chi connectivity index (χ3n) is 5.02. The van der Waals surface area contributed by atoms with E-state index in [4.69, 9.17) is 9.47 Å². The smallest absolute Gasteiger partial charge is 0.323 e. The van der Waals surface area contributed by atoms with Crippen LogP contribution in [0.1, 0.15) is 37.0 Å². The van der Waals surface area contributed by atoms with Crippen LogP contribution in [0.2, 0.25) is 0 Å². The topological polar surface area (TPSA) is 91.9 Å². The van der Waals surface area contributed by atoms with Crippen molar-refractivity contribution in [1.82, 2.24) is 5.32 Å². The molecule has 31 heavy (non-hydrogen) atoms. The quantitative estimate of drug-likeness (QED) is 0.620. The van der Waals surface area contributed by atoms with Gasteiger partial charge >= 0.3 is 6.03 Å². The predicted molar refractivity (Wildman–Crippen MR) is 123 cm³/mol. The van der Waals surface area contributed by atoms with Crippen LogP contribution in [-0.4, -0.2) is 45.3 Å². The summed E-state index contributed by atoms with van der Waals surface area (Å²) in [6, 6.07) is 10.1. The Morgan fingerprint density at radius 2 is 1.71 bits per heavy atom. The van der Waals surface area contributed by atoms with Gasteiger partial charge in [0.2, 0.25) is 0 Å². The molecule has 3 amide bonds. The Bertz CT molecular complexity index is 939. The Morgan fingerprint density at radius 3 is 2.35 bits per heavy atom. The summed E-state index contributed by atoms with van der Waals surface area (Å²) in [5, 5.41) is 8.52. The van der Waals surface area contributed by atoms with Gasteiger partial charge in [0, 0.05) is 36.6 Å². The van der Waals surface area contributed by atoms with E-state index in [9.17, 15) is 9.59 Å². The van der Waals surface area contributed by atoms with Gasteiger partial charge in [0.25, 0.3) is 5.91 Å². The Morgan fingerprint density at radius 1 is 0.968 bits per heavy atom. The van der Waals surface area contributed by atoms with Crippen molar-refractivity contribution in [3.8, 4) is 11.5 Å². The van der Waals surface area contributed by atoms with Crippen LogP contribution in [0.4, 0.5) is 21.9 Å². The van der Waals surface area contributed by atoms with Gasteiger partial charge in [-0.25, -0.2) is 4.79 Å². The summed E-state index contributed by atoms with van der Waals surface area (Å²) in [5.41, 5.74) is 2.47. The number of ether oxygens (including phenoxy) is 2. The lowest BCUT2D eigenvalue weighted by Gasteiger charge is -2.22. The number of carbonyl (C=O) groups excluding carboxylic acids is 2. The number of hydrogen-bond donors (Lipinski definition) is 3. The van der Waals surface area contributed by atoms with E-state index in [2.05, 4.69) is 20.9 Å². The van der Waals surface area contributed by atoms with Crippen molar-refractivity contribution >= 4 is 29.0 Å². The Balaban J connectivity index is 1.79. The van der Waals surface area contributed by atoms with E-state index < -0.39 is 6.03 Å². The van der Waals surface area contributed by atoms with Gasteiger partial charge in [0.05, 0.1) is 25.5 Å². The van der Waals surface area contributed by atoms with Crippen molar-refractivity contribution in [2.24, 2.45) is 0 Å². The first-order chi connectivity index (χ1) is 14.9. The van der Waals surface area contributed by atoms with Crippen LogP contribution in [0.5, 0.6) is 11.5 Å². The maximum absolute atomic E-state index is 12.8. The van der Waals surface area contributed by atoms with Gasteiger partial charge in [-0.3, -0.25) is 4.79 Å². The number of benzene rings is 2. The molecule has 0 spiro atoms. The molecule has 8 nitrogen and oxygen atoms in total. The molecule has 1 fully saturated rings. The average Bonchev–Trinajstić information content (AvgIpc) is 3.28. The highest BCUT2D eigenvalue weighted by molar-refractivity contribution is 6.04. The summed E-state index contributed by atoms with van der Waals surface area (Å²) in [7, 11) is 3.09. The molecule has 166 valence electrons. The third-order valence-corrected chi connectivity index (χ3v) is 5.02. The maximum atomic E-state index is 12.8. The Labute approximate surface area is 182 Å². The van der Waals surface area contributed by atoms with E-state index >= 15 is 0 Å². The molecule has 0 radical (unpaired) electrons. The van der Waals surface area contributed by atoms with Crippen LogP contribution >= 0.6 is 0 Å². The second-order valence-electron chi connectivity index (χ2n) is 7.70. The van der Waals surface area contributed by atoms with Crippen LogP contribution in [-0.2, 0) is 0 Å². The zero-order valence-electron chi connectivity index (χ0n) is 18.5. The Hall–Kier alpha value is -3.42. The van der Waals surface area contributed by atoms with Gasteiger partial charge in [-0.1, -0.05) is 0 Å². The fraction of sp³-hybridized carbons (Fsp3) is 0.391. The van der Waals surface area contributed by atoms with E-state index in [0.29, 0.717) is 28.4 Å². The highest BCUT2D eigenvalue weighted by Gasteiger charge is 2.21. The first kappa shape index (κ1) is 22.3. The van der Waals surface area contributed by atoms with Crippen molar-refractivity contribution < 1.29 is 19.1 Å². The van der Waals surface area contributed by atoms with Crippen LogP contribution < -0.4 is 30.3 Å². The number of hydrogen-bond acceptors (Lipinski definition) is 5. The molecule has 2 aromatic rings. The molecule has 1 saturated heterocycles. The zero-order chi connectivity index (χ0) is 22.4. The fourth-order valence-electron chi connectivity index (χ4n) is 3.56. The summed E-state index contributed by atoms with van der Waals surface area (Å²) < 4.78 is 10.5. The molecule has 1 aliphatic rings. The number of methoxy groups -OCH3 is 2. The minimum atomic E-state index is -0.437. The molecule has 2 aromatic carbocycles. The number of urea groups is 1. The first-order valence-corrected chi connectivity index (χ1v) is 10.4. The largest absolute Gasteiger partial charge is 0.497 e. The molecule has 1 heterocycles. The summed E-state index contributed by atoms with van der Waals surface area (Å²) >= 11 is 0.